The number of fused-ring (bicyclic) bond motifs is 2. The molecule has 0 saturated carbocycles. The van der Waals surface area contributed by atoms with E-state index in [0.717, 1.165) is 52.2 Å². The minimum Gasteiger partial charge on any atom is -0.347 e. The Labute approximate surface area is 239 Å². The largest absolute Gasteiger partial charge is 0.347 e. The highest BCUT2D eigenvalue weighted by molar-refractivity contribution is 7.13. The van der Waals surface area contributed by atoms with Crippen LogP contribution in [0.3, 0.4) is 0 Å². The van der Waals surface area contributed by atoms with Gasteiger partial charge in [-0.3, -0.25) is 9.59 Å². The summed E-state index contributed by atoms with van der Waals surface area (Å²) in [5.41, 5.74) is 6.95. The molecule has 0 aliphatic heterocycles. The number of benzene rings is 2. The van der Waals surface area contributed by atoms with Crippen molar-refractivity contribution in [3.8, 4) is 10.4 Å². The van der Waals surface area contributed by atoms with Gasteiger partial charge in [0, 0.05) is 29.6 Å². The second-order valence-electron chi connectivity index (χ2n) is 10.2. The molecule has 1 aliphatic carbocycles. The number of rotatable bonds is 8. The van der Waals surface area contributed by atoms with Crippen molar-refractivity contribution >= 4 is 28.7 Å². The van der Waals surface area contributed by atoms with Crippen LogP contribution in [0.15, 0.2) is 60.1 Å². The van der Waals surface area contributed by atoms with E-state index in [-0.39, 0.29) is 24.1 Å². The van der Waals surface area contributed by atoms with Crippen molar-refractivity contribution in [2.45, 2.75) is 45.8 Å². The molecule has 208 valence electrons. The van der Waals surface area contributed by atoms with E-state index in [1.807, 2.05) is 36.6 Å². The standard InChI is InChI=1S/C31H27F2N5O2S/c1-17-21(18(2)39)6-7-23-22(17)8-10-27(23)34-15-20-13-28(31(40)35-14-19-5-9-25(32)26(33)12-19)37-30-24(16-36-38(20)30)29-4-3-11-41-29/h3-7,9,11-13,16,27,34H,8,10,14-15H2,1-2H3,(H,35,40)/t27-/m0/s1. The zero-order valence-corrected chi connectivity index (χ0v) is 23.3. The first kappa shape index (κ1) is 26.9. The minimum absolute atomic E-state index is 0.0218. The fraction of sp³-hybridized carbons (Fsp3) is 0.226. The quantitative estimate of drug-likeness (QED) is 0.225. The normalized spacial score (nSPS) is 14.4. The van der Waals surface area contributed by atoms with Crippen molar-refractivity contribution in [2.75, 3.05) is 0 Å². The number of thiophene rings is 1. The Balaban J connectivity index is 1.29. The number of hydrogen-bond acceptors (Lipinski definition) is 6. The van der Waals surface area contributed by atoms with Gasteiger partial charge < -0.3 is 10.6 Å². The molecule has 1 aliphatic rings. The van der Waals surface area contributed by atoms with Gasteiger partial charge in [0.25, 0.3) is 5.91 Å². The van der Waals surface area contributed by atoms with Gasteiger partial charge in [-0.15, -0.1) is 11.3 Å². The highest BCUT2D eigenvalue weighted by atomic mass is 32.1. The van der Waals surface area contributed by atoms with Crippen molar-refractivity contribution in [1.29, 1.82) is 0 Å². The van der Waals surface area contributed by atoms with E-state index >= 15 is 0 Å². The molecule has 3 heterocycles. The maximum absolute atomic E-state index is 13.6. The number of nitrogens with zero attached hydrogens (tertiary/aromatic N) is 3. The molecule has 0 fully saturated rings. The van der Waals surface area contributed by atoms with Crippen LogP contribution in [-0.4, -0.2) is 26.3 Å². The Morgan fingerprint density at radius 3 is 2.71 bits per heavy atom. The molecule has 1 amide bonds. The molecule has 5 aromatic rings. The minimum atomic E-state index is -0.967. The lowest BCUT2D eigenvalue weighted by atomic mass is 9.96. The van der Waals surface area contributed by atoms with Crippen LogP contribution in [0.2, 0.25) is 0 Å². The Bertz CT molecular complexity index is 1800. The van der Waals surface area contributed by atoms with Crippen molar-refractivity contribution < 1.29 is 18.4 Å². The van der Waals surface area contributed by atoms with E-state index < -0.39 is 17.5 Å². The molecule has 10 heteroatoms. The van der Waals surface area contributed by atoms with Crippen LogP contribution in [-0.2, 0) is 19.5 Å². The summed E-state index contributed by atoms with van der Waals surface area (Å²) in [6.07, 6.45) is 3.53. The Hall–Kier alpha value is -4.28. The van der Waals surface area contributed by atoms with E-state index in [0.29, 0.717) is 17.8 Å². The summed E-state index contributed by atoms with van der Waals surface area (Å²) in [5, 5.41) is 13.0. The van der Waals surface area contributed by atoms with E-state index in [1.165, 1.54) is 17.2 Å². The molecule has 1 atom stereocenters. The average Bonchev–Trinajstić information content (AvgIpc) is 3.72. The number of ketones is 1. The van der Waals surface area contributed by atoms with Crippen molar-refractivity contribution in [1.82, 2.24) is 25.2 Å². The predicted octanol–water partition coefficient (Wildman–Crippen LogP) is 5.95. The number of amides is 1. The van der Waals surface area contributed by atoms with Gasteiger partial charge in [-0.05, 0) is 78.6 Å². The first-order valence-corrected chi connectivity index (χ1v) is 14.2. The average molecular weight is 572 g/mol. The molecule has 0 unspecified atom stereocenters. The van der Waals surface area contributed by atoms with Gasteiger partial charge >= 0.3 is 0 Å². The smallest absolute Gasteiger partial charge is 0.270 e. The second kappa shape index (κ2) is 10.9. The van der Waals surface area contributed by atoms with E-state index in [1.54, 1.807) is 35.0 Å². The van der Waals surface area contributed by atoms with Gasteiger partial charge in [0.15, 0.2) is 23.1 Å². The molecular weight excluding hydrogens is 544 g/mol. The molecule has 2 aromatic carbocycles. The Morgan fingerprint density at radius 1 is 1.10 bits per heavy atom. The van der Waals surface area contributed by atoms with E-state index in [4.69, 9.17) is 0 Å². The van der Waals surface area contributed by atoms with Crippen molar-refractivity contribution in [3.63, 3.8) is 0 Å². The number of aromatic nitrogens is 3. The third-order valence-electron chi connectivity index (χ3n) is 7.60. The molecule has 0 spiro atoms. The van der Waals surface area contributed by atoms with Gasteiger partial charge in [-0.2, -0.15) is 5.10 Å². The molecule has 2 N–H and O–H groups in total. The third-order valence-corrected chi connectivity index (χ3v) is 8.51. The molecule has 41 heavy (non-hydrogen) atoms. The number of nitrogens with one attached hydrogen (secondary N) is 2. The van der Waals surface area contributed by atoms with Crippen molar-refractivity contribution in [3.05, 3.63) is 111 Å². The molecule has 0 bridgehead atoms. The van der Waals surface area contributed by atoms with Crippen LogP contribution in [0.25, 0.3) is 16.1 Å². The van der Waals surface area contributed by atoms with Gasteiger partial charge in [-0.25, -0.2) is 18.3 Å². The van der Waals surface area contributed by atoms with Gasteiger partial charge in [0.1, 0.15) is 5.69 Å². The van der Waals surface area contributed by atoms with Gasteiger partial charge in [0.2, 0.25) is 0 Å². The van der Waals surface area contributed by atoms with Gasteiger partial charge in [-0.1, -0.05) is 24.3 Å². The molecule has 0 saturated heterocycles. The number of carbonyl (C=O) groups excluding carboxylic acids is 2. The number of Topliss-reactive ketones (excluding diaryl/α,β-unsaturated/α-hetero) is 1. The van der Waals surface area contributed by atoms with Crippen LogP contribution in [0.5, 0.6) is 0 Å². The second-order valence-corrected chi connectivity index (χ2v) is 11.1. The highest BCUT2D eigenvalue weighted by Gasteiger charge is 2.26. The van der Waals surface area contributed by atoms with Crippen LogP contribution >= 0.6 is 11.3 Å². The maximum Gasteiger partial charge on any atom is 0.270 e. The summed E-state index contributed by atoms with van der Waals surface area (Å²) in [5.74, 6) is -2.27. The first-order chi connectivity index (χ1) is 19.8. The van der Waals surface area contributed by atoms with Gasteiger partial charge in [0.05, 0.1) is 17.5 Å². The summed E-state index contributed by atoms with van der Waals surface area (Å²) in [6, 6.07) is 13.2. The summed E-state index contributed by atoms with van der Waals surface area (Å²) in [6.45, 7) is 4.04. The molecular formula is C31H27F2N5O2S. The predicted molar refractivity (Wildman–Crippen MR) is 153 cm³/mol. The summed E-state index contributed by atoms with van der Waals surface area (Å²) < 4.78 is 28.7. The topological polar surface area (TPSA) is 88.4 Å². The summed E-state index contributed by atoms with van der Waals surface area (Å²) in [7, 11) is 0. The Morgan fingerprint density at radius 2 is 1.95 bits per heavy atom. The summed E-state index contributed by atoms with van der Waals surface area (Å²) >= 11 is 1.56. The zero-order valence-electron chi connectivity index (χ0n) is 22.5. The number of carbonyl (C=O) groups is 2. The number of hydrogen-bond donors (Lipinski definition) is 2. The number of halogens is 2. The SMILES string of the molecule is CC(=O)c1ccc2c(c1C)CC[C@@H]2NCc1cc(C(=O)NCc2ccc(F)c(F)c2)nc2c(-c3cccs3)cnn12. The monoisotopic (exact) mass is 571 g/mol. The highest BCUT2D eigenvalue weighted by Crippen LogP contribution is 2.35. The molecule has 0 radical (unpaired) electrons. The maximum atomic E-state index is 13.6. The lowest BCUT2D eigenvalue weighted by Crippen LogP contribution is -2.26. The lowest BCUT2D eigenvalue weighted by Gasteiger charge is -2.17. The fourth-order valence-electron chi connectivity index (χ4n) is 5.50. The molecule has 3 aromatic heterocycles. The van der Waals surface area contributed by atoms with Crippen molar-refractivity contribution in [2.24, 2.45) is 0 Å². The van der Waals surface area contributed by atoms with Crippen LogP contribution in [0.4, 0.5) is 8.78 Å². The molecule has 6 rings (SSSR count). The fourth-order valence-corrected chi connectivity index (χ4v) is 6.23. The Kier molecular flexibility index (Phi) is 7.19. The van der Waals surface area contributed by atoms with E-state index in [2.05, 4.69) is 20.7 Å². The van der Waals surface area contributed by atoms with E-state index in [9.17, 15) is 18.4 Å². The van der Waals surface area contributed by atoms with Crippen LogP contribution in [0, 0.1) is 18.6 Å². The van der Waals surface area contributed by atoms with Crippen LogP contribution in [0.1, 0.15) is 68.2 Å². The zero-order chi connectivity index (χ0) is 28.7. The van der Waals surface area contributed by atoms with Crippen LogP contribution < -0.4 is 10.6 Å². The molecule has 7 nitrogen and oxygen atoms in total. The summed E-state index contributed by atoms with van der Waals surface area (Å²) in [4.78, 5) is 30.9. The lowest BCUT2D eigenvalue weighted by molar-refractivity contribution is 0.0945. The first-order valence-electron chi connectivity index (χ1n) is 13.3. The third kappa shape index (κ3) is 5.16.